The molecule has 5 nitrogen and oxygen atoms in total. The van der Waals surface area contributed by atoms with Crippen LogP contribution in [0.1, 0.15) is 39.2 Å². The van der Waals surface area contributed by atoms with E-state index in [2.05, 4.69) is 15.6 Å². The molecule has 3 N–H and O–H groups in total. The van der Waals surface area contributed by atoms with Crippen LogP contribution in [0.2, 0.25) is 0 Å². The molecule has 148 valence electrons. The standard InChI is InChI=1S/C19H30FN3O2.HI/c1-4-21-17(23-14-19(24)8-10-25-11-9-19)22-13-18(2,3)15-6-5-7-16(20)12-15;/h5-7,12,24H,4,8-11,13-14H2,1-3H3,(H2,21,22,23);1H. The van der Waals surface area contributed by atoms with Crippen molar-refractivity contribution in [3.8, 4) is 0 Å². The van der Waals surface area contributed by atoms with Gasteiger partial charge in [-0.3, -0.25) is 4.99 Å². The minimum Gasteiger partial charge on any atom is -0.388 e. The fraction of sp³-hybridized carbons (Fsp3) is 0.632. The van der Waals surface area contributed by atoms with Crippen molar-refractivity contribution in [3.05, 3.63) is 35.6 Å². The summed E-state index contributed by atoms with van der Waals surface area (Å²) >= 11 is 0. The number of hydrogen-bond acceptors (Lipinski definition) is 3. The highest BCUT2D eigenvalue weighted by Crippen LogP contribution is 2.24. The monoisotopic (exact) mass is 479 g/mol. The first-order chi connectivity index (χ1) is 11.8. The minimum absolute atomic E-state index is 0. The fourth-order valence-corrected chi connectivity index (χ4v) is 2.80. The second-order valence-corrected chi connectivity index (χ2v) is 7.28. The lowest BCUT2D eigenvalue weighted by Crippen LogP contribution is -2.50. The van der Waals surface area contributed by atoms with E-state index in [1.807, 2.05) is 26.8 Å². The largest absolute Gasteiger partial charge is 0.388 e. The second-order valence-electron chi connectivity index (χ2n) is 7.28. The molecular weight excluding hydrogens is 448 g/mol. The van der Waals surface area contributed by atoms with Crippen molar-refractivity contribution >= 4 is 29.9 Å². The molecule has 0 spiro atoms. The van der Waals surface area contributed by atoms with E-state index >= 15 is 0 Å². The van der Waals surface area contributed by atoms with Gasteiger partial charge in [-0.25, -0.2) is 4.39 Å². The van der Waals surface area contributed by atoms with Crippen molar-refractivity contribution in [2.24, 2.45) is 4.99 Å². The Morgan fingerprint density at radius 2 is 2.00 bits per heavy atom. The van der Waals surface area contributed by atoms with E-state index in [9.17, 15) is 9.50 Å². The summed E-state index contributed by atoms with van der Waals surface area (Å²) in [7, 11) is 0. The molecule has 7 heteroatoms. The van der Waals surface area contributed by atoms with Gasteiger partial charge in [0.25, 0.3) is 0 Å². The van der Waals surface area contributed by atoms with Gasteiger partial charge in [-0.05, 0) is 24.6 Å². The third kappa shape index (κ3) is 7.00. The van der Waals surface area contributed by atoms with Crippen molar-refractivity contribution in [2.45, 2.75) is 44.6 Å². The molecule has 0 amide bonds. The topological polar surface area (TPSA) is 65.9 Å². The van der Waals surface area contributed by atoms with E-state index in [1.165, 1.54) is 6.07 Å². The van der Waals surface area contributed by atoms with Gasteiger partial charge in [-0.1, -0.05) is 26.0 Å². The SMILES string of the molecule is CCNC(=NCC(C)(C)c1cccc(F)c1)NCC1(O)CCOCC1.I. The molecule has 0 unspecified atom stereocenters. The van der Waals surface area contributed by atoms with Crippen LogP contribution in [0.3, 0.4) is 0 Å². The maximum absolute atomic E-state index is 13.5. The number of benzene rings is 1. The first-order valence-corrected chi connectivity index (χ1v) is 8.93. The van der Waals surface area contributed by atoms with Crippen molar-refractivity contribution in [2.75, 3.05) is 32.8 Å². The van der Waals surface area contributed by atoms with Gasteiger partial charge in [0.1, 0.15) is 5.82 Å². The summed E-state index contributed by atoms with van der Waals surface area (Å²) < 4.78 is 18.8. The number of aliphatic imine (C=N–C) groups is 1. The van der Waals surface area contributed by atoms with Gasteiger partial charge in [-0.2, -0.15) is 0 Å². The number of rotatable bonds is 6. The zero-order valence-electron chi connectivity index (χ0n) is 15.8. The molecule has 1 heterocycles. The van der Waals surface area contributed by atoms with E-state index in [-0.39, 0.29) is 35.2 Å². The van der Waals surface area contributed by atoms with Gasteiger partial charge in [0, 0.05) is 44.6 Å². The third-order valence-corrected chi connectivity index (χ3v) is 4.59. The zero-order chi connectivity index (χ0) is 18.3. The molecule has 0 radical (unpaired) electrons. The van der Waals surface area contributed by atoms with E-state index in [4.69, 9.17) is 4.74 Å². The lowest BCUT2D eigenvalue weighted by molar-refractivity contribution is -0.0594. The van der Waals surface area contributed by atoms with Crippen LogP contribution in [-0.2, 0) is 10.2 Å². The lowest BCUT2D eigenvalue weighted by atomic mass is 9.85. The van der Waals surface area contributed by atoms with Gasteiger partial charge < -0.3 is 20.5 Å². The number of nitrogens with zero attached hydrogens (tertiary/aromatic N) is 1. The van der Waals surface area contributed by atoms with Gasteiger partial charge in [0.2, 0.25) is 0 Å². The number of hydrogen-bond donors (Lipinski definition) is 3. The van der Waals surface area contributed by atoms with Gasteiger partial charge in [0.15, 0.2) is 5.96 Å². The Labute approximate surface area is 172 Å². The van der Waals surface area contributed by atoms with Crippen LogP contribution in [0, 0.1) is 5.82 Å². The first-order valence-electron chi connectivity index (χ1n) is 8.93. The molecule has 0 aromatic heterocycles. The number of ether oxygens (including phenoxy) is 1. The van der Waals surface area contributed by atoms with Crippen molar-refractivity contribution in [1.29, 1.82) is 0 Å². The van der Waals surface area contributed by atoms with Crippen LogP contribution in [0.15, 0.2) is 29.3 Å². The summed E-state index contributed by atoms with van der Waals surface area (Å²) in [4.78, 5) is 4.64. The van der Waals surface area contributed by atoms with Crippen LogP contribution in [-0.4, -0.2) is 49.5 Å². The summed E-state index contributed by atoms with van der Waals surface area (Å²) in [5, 5.41) is 17.0. The lowest BCUT2D eigenvalue weighted by Gasteiger charge is -2.32. The van der Waals surface area contributed by atoms with Crippen LogP contribution >= 0.6 is 24.0 Å². The number of nitrogens with one attached hydrogen (secondary N) is 2. The number of halogens is 2. The van der Waals surface area contributed by atoms with Crippen molar-refractivity contribution < 1.29 is 14.2 Å². The molecule has 0 saturated carbocycles. The van der Waals surface area contributed by atoms with Crippen molar-refractivity contribution in [3.63, 3.8) is 0 Å². The first kappa shape index (κ1) is 23.1. The molecule has 1 aliphatic heterocycles. The van der Waals surface area contributed by atoms with Gasteiger partial charge >= 0.3 is 0 Å². The Bertz CT molecular complexity index is 590. The predicted molar refractivity (Wildman–Crippen MR) is 114 cm³/mol. The van der Waals surface area contributed by atoms with Crippen LogP contribution in [0.4, 0.5) is 4.39 Å². The summed E-state index contributed by atoms with van der Waals surface area (Å²) in [5.74, 6) is 0.424. The van der Waals surface area contributed by atoms with E-state index in [0.717, 1.165) is 12.1 Å². The normalized spacial score (nSPS) is 17.3. The maximum Gasteiger partial charge on any atom is 0.191 e. The fourth-order valence-electron chi connectivity index (χ4n) is 2.80. The van der Waals surface area contributed by atoms with Crippen LogP contribution in [0.25, 0.3) is 0 Å². The van der Waals surface area contributed by atoms with Crippen LogP contribution in [0.5, 0.6) is 0 Å². The predicted octanol–water partition coefficient (Wildman–Crippen LogP) is 2.82. The third-order valence-electron chi connectivity index (χ3n) is 4.59. The average molecular weight is 479 g/mol. The Morgan fingerprint density at radius 3 is 2.62 bits per heavy atom. The van der Waals surface area contributed by atoms with Gasteiger partial charge in [-0.15, -0.1) is 24.0 Å². The van der Waals surface area contributed by atoms with E-state index in [1.54, 1.807) is 12.1 Å². The Balaban J connectivity index is 0.00000338. The molecule has 26 heavy (non-hydrogen) atoms. The van der Waals surface area contributed by atoms with E-state index in [0.29, 0.717) is 45.1 Å². The Hall–Kier alpha value is -0.930. The minimum atomic E-state index is -0.757. The van der Waals surface area contributed by atoms with Crippen molar-refractivity contribution in [1.82, 2.24) is 10.6 Å². The molecular formula is C19H31FIN3O2. The highest BCUT2D eigenvalue weighted by atomic mass is 127. The van der Waals surface area contributed by atoms with Crippen LogP contribution < -0.4 is 10.6 Å². The van der Waals surface area contributed by atoms with E-state index < -0.39 is 5.60 Å². The highest BCUT2D eigenvalue weighted by molar-refractivity contribution is 14.0. The molecule has 1 aromatic rings. The average Bonchev–Trinajstić information content (AvgIpc) is 2.58. The molecule has 0 bridgehead atoms. The second kappa shape index (κ2) is 10.4. The highest BCUT2D eigenvalue weighted by Gasteiger charge is 2.30. The van der Waals surface area contributed by atoms with Gasteiger partial charge in [0.05, 0.1) is 12.1 Å². The number of guanidine groups is 1. The number of aliphatic hydroxyl groups is 1. The quantitative estimate of drug-likeness (QED) is 0.334. The molecule has 1 fully saturated rings. The Kier molecular flexibility index (Phi) is 9.26. The zero-order valence-corrected chi connectivity index (χ0v) is 18.2. The summed E-state index contributed by atoms with van der Waals surface area (Å²) in [6.07, 6.45) is 1.24. The summed E-state index contributed by atoms with van der Waals surface area (Å²) in [6.45, 7) is 8.92. The summed E-state index contributed by atoms with van der Waals surface area (Å²) in [6, 6.07) is 6.65. The molecule has 1 aliphatic rings. The smallest absolute Gasteiger partial charge is 0.191 e. The molecule has 1 saturated heterocycles. The summed E-state index contributed by atoms with van der Waals surface area (Å²) in [5.41, 5.74) is -0.137. The Morgan fingerprint density at radius 1 is 1.31 bits per heavy atom. The molecule has 2 rings (SSSR count). The molecule has 0 aliphatic carbocycles. The molecule has 1 aromatic carbocycles. The maximum atomic E-state index is 13.5. The molecule has 0 atom stereocenters.